The van der Waals surface area contributed by atoms with Crippen LogP contribution in [-0.4, -0.2) is 18.7 Å². The lowest BCUT2D eigenvalue weighted by Gasteiger charge is -2.15. The predicted octanol–water partition coefficient (Wildman–Crippen LogP) is 2.95. The largest absolute Gasteiger partial charge is 0.481 e. The van der Waals surface area contributed by atoms with Crippen molar-refractivity contribution in [2.75, 3.05) is 13.7 Å². The van der Waals surface area contributed by atoms with Crippen molar-refractivity contribution in [1.82, 2.24) is 10.3 Å². The summed E-state index contributed by atoms with van der Waals surface area (Å²) in [7, 11) is 1.62. The summed E-state index contributed by atoms with van der Waals surface area (Å²) in [5.74, 6) is 3.86. The fourth-order valence-electron chi connectivity index (χ4n) is 2.04. The van der Waals surface area contributed by atoms with Crippen LogP contribution in [0.2, 0.25) is 0 Å². The van der Waals surface area contributed by atoms with Gasteiger partial charge in [0.1, 0.15) is 12.4 Å². The molecule has 0 radical (unpaired) electrons. The number of nitrogens with zero attached hydrogens (tertiary/aromatic N) is 1. The van der Waals surface area contributed by atoms with Crippen molar-refractivity contribution in [1.29, 1.82) is 0 Å². The molecule has 114 valence electrons. The van der Waals surface area contributed by atoms with E-state index in [0.29, 0.717) is 5.88 Å². The van der Waals surface area contributed by atoms with E-state index in [1.165, 1.54) is 5.56 Å². The standard InChI is InChI=1S/C18H20N2O2/c1-4-11-22-17-7-5-16(6-8-17)14(2)20-13-15-9-10-19-18(12-15)21-3/h1,5-10,12,14,20H,11,13H2,2-3H3. The van der Waals surface area contributed by atoms with Crippen molar-refractivity contribution < 1.29 is 9.47 Å². The van der Waals surface area contributed by atoms with Gasteiger partial charge in [-0.3, -0.25) is 0 Å². The van der Waals surface area contributed by atoms with Crippen LogP contribution in [-0.2, 0) is 6.54 Å². The van der Waals surface area contributed by atoms with Crippen molar-refractivity contribution in [2.45, 2.75) is 19.5 Å². The second kappa shape index (κ2) is 8.06. The third kappa shape index (κ3) is 4.51. The zero-order valence-electron chi connectivity index (χ0n) is 12.9. The number of aromatic nitrogens is 1. The highest BCUT2D eigenvalue weighted by Gasteiger charge is 2.06. The highest BCUT2D eigenvalue weighted by atomic mass is 16.5. The molecule has 0 aliphatic rings. The summed E-state index contributed by atoms with van der Waals surface area (Å²) < 4.78 is 10.5. The maximum absolute atomic E-state index is 5.37. The van der Waals surface area contributed by atoms with E-state index in [2.05, 4.69) is 23.1 Å². The first-order valence-corrected chi connectivity index (χ1v) is 7.11. The number of terminal acetylenes is 1. The van der Waals surface area contributed by atoms with Gasteiger partial charge >= 0.3 is 0 Å². The van der Waals surface area contributed by atoms with Gasteiger partial charge in [-0.15, -0.1) is 6.42 Å². The molecule has 2 aromatic rings. The highest BCUT2D eigenvalue weighted by Crippen LogP contribution is 2.18. The third-order valence-corrected chi connectivity index (χ3v) is 3.32. The van der Waals surface area contributed by atoms with Crippen LogP contribution in [0.3, 0.4) is 0 Å². The number of benzene rings is 1. The highest BCUT2D eigenvalue weighted by molar-refractivity contribution is 5.29. The average molecular weight is 296 g/mol. The van der Waals surface area contributed by atoms with E-state index in [1.807, 2.05) is 36.4 Å². The van der Waals surface area contributed by atoms with Gasteiger partial charge < -0.3 is 14.8 Å². The van der Waals surface area contributed by atoms with E-state index >= 15 is 0 Å². The van der Waals surface area contributed by atoms with Crippen LogP contribution in [0.25, 0.3) is 0 Å². The second-order valence-electron chi connectivity index (χ2n) is 4.87. The molecule has 0 aliphatic heterocycles. The summed E-state index contributed by atoms with van der Waals surface area (Å²) in [4.78, 5) is 4.10. The molecule has 0 saturated carbocycles. The molecule has 1 N–H and O–H groups in total. The number of hydrogen-bond donors (Lipinski definition) is 1. The Labute approximate surface area is 131 Å². The SMILES string of the molecule is C#CCOc1ccc(C(C)NCc2ccnc(OC)c2)cc1. The molecule has 1 atom stereocenters. The van der Waals surface area contributed by atoms with Crippen molar-refractivity contribution in [2.24, 2.45) is 0 Å². The van der Waals surface area contributed by atoms with E-state index < -0.39 is 0 Å². The Hall–Kier alpha value is -2.51. The minimum Gasteiger partial charge on any atom is -0.481 e. The Morgan fingerprint density at radius 3 is 2.73 bits per heavy atom. The maximum Gasteiger partial charge on any atom is 0.213 e. The van der Waals surface area contributed by atoms with Gasteiger partial charge in [-0.2, -0.15) is 0 Å². The Balaban J connectivity index is 1.91. The molecule has 1 aromatic carbocycles. The van der Waals surface area contributed by atoms with Crippen LogP contribution in [0, 0.1) is 12.3 Å². The molecule has 2 rings (SSSR count). The summed E-state index contributed by atoms with van der Waals surface area (Å²) in [5.41, 5.74) is 2.32. The molecule has 1 aromatic heterocycles. The van der Waals surface area contributed by atoms with Crippen molar-refractivity contribution in [3.63, 3.8) is 0 Å². The molecule has 0 saturated heterocycles. The molecule has 0 fully saturated rings. The fourth-order valence-corrected chi connectivity index (χ4v) is 2.04. The minimum atomic E-state index is 0.223. The Morgan fingerprint density at radius 2 is 2.05 bits per heavy atom. The van der Waals surface area contributed by atoms with Crippen molar-refractivity contribution in [3.8, 4) is 24.0 Å². The second-order valence-corrected chi connectivity index (χ2v) is 4.87. The molecular formula is C18H20N2O2. The van der Waals surface area contributed by atoms with E-state index in [0.717, 1.165) is 17.9 Å². The van der Waals surface area contributed by atoms with Crippen LogP contribution in [0.5, 0.6) is 11.6 Å². The monoisotopic (exact) mass is 296 g/mol. The molecule has 0 aliphatic carbocycles. The summed E-state index contributed by atoms with van der Waals surface area (Å²) in [5, 5.41) is 3.47. The number of pyridine rings is 1. The fraction of sp³-hybridized carbons (Fsp3) is 0.278. The van der Waals surface area contributed by atoms with Gasteiger partial charge in [0.15, 0.2) is 0 Å². The lowest BCUT2D eigenvalue weighted by molar-refractivity contribution is 0.370. The third-order valence-electron chi connectivity index (χ3n) is 3.32. The molecule has 0 bridgehead atoms. The summed E-state index contributed by atoms with van der Waals surface area (Å²) in [6.07, 6.45) is 6.92. The minimum absolute atomic E-state index is 0.223. The molecule has 0 spiro atoms. The predicted molar refractivity (Wildman–Crippen MR) is 86.8 cm³/mol. The summed E-state index contributed by atoms with van der Waals surface area (Å²) in [6, 6.07) is 12.1. The van der Waals surface area contributed by atoms with E-state index in [9.17, 15) is 0 Å². The normalized spacial score (nSPS) is 11.5. The molecule has 1 heterocycles. The van der Waals surface area contributed by atoms with Gasteiger partial charge in [-0.1, -0.05) is 18.1 Å². The lowest BCUT2D eigenvalue weighted by Crippen LogP contribution is -2.18. The first-order valence-electron chi connectivity index (χ1n) is 7.11. The van der Waals surface area contributed by atoms with Gasteiger partial charge in [0.25, 0.3) is 0 Å². The topological polar surface area (TPSA) is 43.4 Å². The number of methoxy groups -OCH3 is 1. The van der Waals surface area contributed by atoms with Gasteiger partial charge in [-0.05, 0) is 36.2 Å². The molecule has 4 heteroatoms. The summed E-state index contributed by atoms with van der Waals surface area (Å²) in [6.45, 7) is 3.15. The molecule has 0 amide bonds. The Morgan fingerprint density at radius 1 is 1.27 bits per heavy atom. The summed E-state index contributed by atoms with van der Waals surface area (Å²) >= 11 is 0. The van der Waals surface area contributed by atoms with Crippen LogP contribution in [0.4, 0.5) is 0 Å². The molecular weight excluding hydrogens is 276 g/mol. The van der Waals surface area contributed by atoms with Gasteiger partial charge in [-0.25, -0.2) is 4.98 Å². The molecule has 4 nitrogen and oxygen atoms in total. The number of nitrogens with one attached hydrogen (secondary N) is 1. The first-order chi connectivity index (χ1) is 10.7. The van der Waals surface area contributed by atoms with Crippen LogP contribution < -0.4 is 14.8 Å². The average Bonchev–Trinajstić information content (AvgIpc) is 2.58. The van der Waals surface area contributed by atoms with Crippen LogP contribution in [0.15, 0.2) is 42.6 Å². The number of hydrogen-bond acceptors (Lipinski definition) is 4. The number of ether oxygens (including phenoxy) is 2. The van der Waals surface area contributed by atoms with Crippen molar-refractivity contribution >= 4 is 0 Å². The van der Waals surface area contributed by atoms with E-state index in [4.69, 9.17) is 15.9 Å². The van der Waals surface area contributed by atoms with Gasteiger partial charge in [0.05, 0.1) is 7.11 Å². The zero-order valence-corrected chi connectivity index (χ0v) is 12.9. The Bertz CT molecular complexity index is 632. The first kappa shape index (κ1) is 15.9. The molecule has 22 heavy (non-hydrogen) atoms. The maximum atomic E-state index is 5.37. The van der Waals surface area contributed by atoms with Gasteiger partial charge in [0.2, 0.25) is 5.88 Å². The smallest absolute Gasteiger partial charge is 0.213 e. The van der Waals surface area contributed by atoms with Gasteiger partial charge in [0, 0.05) is 24.8 Å². The van der Waals surface area contributed by atoms with E-state index in [1.54, 1.807) is 13.3 Å². The van der Waals surface area contributed by atoms with Crippen molar-refractivity contribution in [3.05, 3.63) is 53.7 Å². The molecule has 1 unspecified atom stereocenters. The Kier molecular flexibility index (Phi) is 5.81. The van der Waals surface area contributed by atoms with Crippen LogP contribution in [0.1, 0.15) is 24.1 Å². The zero-order chi connectivity index (χ0) is 15.8. The quantitative estimate of drug-likeness (QED) is 0.798. The van der Waals surface area contributed by atoms with E-state index in [-0.39, 0.29) is 12.6 Å². The number of rotatable bonds is 7. The lowest BCUT2D eigenvalue weighted by atomic mass is 10.1. The van der Waals surface area contributed by atoms with Crippen LogP contribution >= 0.6 is 0 Å².